The summed E-state index contributed by atoms with van der Waals surface area (Å²) in [7, 11) is 0. The average Bonchev–Trinajstić information content (AvgIpc) is 3.34. The minimum Gasteiger partial charge on any atom is -0.435 e. The number of hydrogen-bond acceptors (Lipinski definition) is 8. The first-order chi connectivity index (χ1) is 16.9. The maximum absolute atomic E-state index is 14.4. The van der Waals surface area contributed by atoms with E-state index in [-0.39, 0.29) is 11.8 Å². The van der Waals surface area contributed by atoms with E-state index in [4.69, 9.17) is 14.7 Å². The average molecular weight is 489 g/mol. The number of halogens is 3. The molecule has 2 aliphatic heterocycles. The number of anilines is 2. The van der Waals surface area contributed by atoms with Crippen LogP contribution in [0.1, 0.15) is 17.7 Å². The van der Waals surface area contributed by atoms with E-state index in [0.29, 0.717) is 50.7 Å². The summed E-state index contributed by atoms with van der Waals surface area (Å²) >= 11 is 0. The third-order valence-electron chi connectivity index (χ3n) is 6.25. The van der Waals surface area contributed by atoms with Crippen LogP contribution in [0.5, 0.6) is 5.75 Å². The SMILES string of the molecule is Cc1cc2nc(N3CCN(Cc4ccc(OC(F)F)cc4F)CC3)c(N[C@@H]3CCOC3)nc2cn1. The van der Waals surface area contributed by atoms with Gasteiger partial charge in [0.05, 0.1) is 24.4 Å². The smallest absolute Gasteiger partial charge is 0.387 e. The van der Waals surface area contributed by atoms with Crippen LogP contribution in [0.15, 0.2) is 30.5 Å². The number of aryl methyl sites for hydroxylation is 1. The Morgan fingerprint density at radius 2 is 1.97 bits per heavy atom. The minimum atomic E-state index is -2.98. The fourth-order valence-electron chi connectivity index (χ4n) is 4.40. The van der Waals surface area contributed by atoms with Crippen molar-refractivity contribution >= 4 is 22.7 Å². The van der Waals surface area contributed by atoms with E-state index < -0.39 is 12.4 Å². The monoisotopic (exact) mass is 488 g/mol. The van der Waals surface area contributed by atoms with Crippen molar-refractivity contribution in [2.24, 2.45) is 0 Å². The van der Waals surface area contributed by atoms with E-state index in [1.165, 1.54) is 12.1 Å². The van der Waals surface area contributed by atoms with Gasteiger partial charge >= 0.3 is 6.61 Å². The van der Waals surface area contributed by atoms with Gasteiger partial charge in [0.1, 0.15) is 17.1 Å². The van der Waals surface area contributed by atoms with Crippen LogP contribution >= 0.6 is 0 Å². The quantitative estimate of drug-likeness (QED) is 0.541. The Balaban J connectivity index is 1.30. The van der Waals surface area contributed by atoms with Gasteiger partial charge in [-0.3, -0.25) is 9.88 Å². The van der Waals surface area contributed by atoms with Crippen LogP contribution < -0.4 is 15.0 Å². The molecule has 2 fully saturated rings. The van der Waals surface area contributed by atoms with E-state index in [9.17, 15) is 13.2 Å². The van der Waals surface area contributed by atoms with Crippen molar-refractivity contribution in [1.82, 2.24) is 19.9 Å². The van der Waals surface area contributed by atoms with Gasteiger partial charge in [0.15, 0.2) is 11.6 Å². The number of piperazine rings is 1. The van der Waals surface area contributed by atoms with Gasteiger partial charge in [-0.15, -0.1) is 0 Å². The summed E-state index contributed by atoms with van der Waals surface area (Å²) in [6.45, 7) is 3.44. The molecule has 3 aromatic rings. The molecule has 0 amide bonds. The third-order valence-corrected chi connectivity index (χ3v) is 6.25. The van der Waals surface area contributed by atoms with Crippen molar-refractivity contribution in [2.45, 2.75) is 32.5 Å². The zero-order chi connectivity index (χ0) is 24.4. The van der Waals surface area contributed by atoms with Crippen LogP contribution in [0.25, 0.3) is 11.0 Å². The molecular weight excluding hydrogens is 461 g/mol. The van der Waals surface area contributed by atoms with Crippen LogP contribution in [0.3, 0.4) is 0 Å². The molecule has 0 spiro atoms. The summed E-state index contributed by atoms with van der Waals surface area (Å²) in [5, 5.41) is 3.49. The molecule has 0 radical (unpaired) electrons. The number of rotatable bonds is 7. The molecular formula is C24H27F3N6O2. The van der Waals surface area contributed by atoms with E-state index >= 15 is 0 Å². The second-order valence-electron chi connectivity index (χ2n) is 8.81. The second kappa shape index (κ2) is 10.2. The summed E-state index contributed by atoms with van der Waals surface area (Å²) < 4.78 is 48.9. The lowest BCUT2D eigenvalue weighted by Crippen LogP contribution is -2.46. The highest BCUT2D eigenvalue weighted by Gasteiger charge is 2.25. The Labute approximate surface area is 201 Å². The molecule has 0 unspecified atom stereocenters. The van der Waals surface area contributed by atoms with Crippen LogP contribution in [-0.4, -0.2) is 71.9 Å². The van der Waals surface area contributed by atoms with Crippen LogP contribution in [-0.2, 0) is 11.3 Å². The number of hydrogen-bond donors (Lipinski definition) is 1. The maximum atomic E-state index is 14.4. The summed E-state index contributed by atoms with van der Waals surface area (Å²) in [5.41, 5.74) is 2.84. The molecule has 0 aliphatic carbocycles. The zero-order valence-corrected chi connectivity index (χ0v) is 19.4. The molecule has 0 saturated carbocycles. The first kappa shape index (κ1) is 23.6. The van der Waals surface area contributed by atoms with Crippen LogP contribution in [0, 0.1) is 12.7 Å². The van der Waals surface area contributed by atoms with E-state index in [1.54, 1.807) is 6.20 Å². The Bertz CT molecular complexity index is 1180. The Kier molecular flexibility index (Phi) is 6.87. The molecule has 8 nitrogen and oxygen atoms in total. The van der Waals surface area contributed by atoms with E-state index in [2.05, 4.69) is 24.8 Å². The predicted molar refractivity (Wildman–Crippen MR) is 125 cm³/mol. The Hall–Kier alpha value is -3.18. The molecule has 35 heavy (non-hydrogen) atoms. The number of pyridine rings is 1. The van der Waals surface area contributed by atoms with Gasteiger partial charge in [-0.1, -0.05) is 6.07 Å². The number of benzene rings is 1. The van der Waals surface area contributed by atoms with Gasteiger partial charge in [0.2, 0.25) is 0 Å². The molecule has 4 heterocycles. The van der Waals surface area contributed by atoms with Crippen molar-refractivity contribution < 1.29 is 22.6 Å². The molecule has 2 saturated heterocycles. The summed E-state index contributed by atoms with van der Waals surface area (Å²) in [5.74, 6) is 0.765. The normalized spacial score (nSPS) is 19.0. The molecule has 0 bridgehead atoms. The lowest BCUT2D eigenvalue weighted by atomic mass is 10.1. The standard InChI is InChI=1S/C24H27F3N6O2/c1-15-10-20-21(12-28-15)30-22(29-17-4-9-34-14-17)23(31-20)33-7-5-32(6-8-33)13-16-2-3-18(11-19(16)25)35-24(26)27/h2-3,10-12,17,24H,4-9,13-14H2,1H3,(H,29,30)/t17-/m1/s1. The van der Waals surface area contributed by atoms with Gasteiger partial charge in [-0.25, -0.2) is 14.4 Å². The lowest BCUT2D eigenvalue weighted by molar-refractivity contribution is -0.0500. The van der Waals surface area contributed by atoms with Crippen molar-refractivity contribution in [3.63, 3.8) is 0 Å². The zero-order valence-electron chi connectivity index (χ0n) is 19.4. The molecule has 1 N–H and O–H groups in total. The van der Waals surface area contributed by atoms with Gasteiger partial charge < -0.3 is 19.7 Å². The number of nitrogens with one attached hydrogen (secondary N) is 1. The maximum Gasteiger partial charge on any atom is 0.387 e. The van der Waals surface area contributed by atoms with Crippen molar-refractivity contribution in [3.8, 4) is 5.75 Å². The molecule has 186 valence electrons. The first-order valence-electron chi connectivity index (χ1n) is 11.6. The number of nitrogens with zero attached hydrogens (tertiary/aromatic N) is 5. The van der Waals surface area contributed by atoms with Gasteiger partial charge in [0.25, 0.3) is 0 Å². The van der Waals surface area contributed by atoms with Crippen molar-refractivity contribution in [2.75, 3.05) is 49.6 Å². The Morgan fingerprint density at radius 3 is 2.69 bits per heavy atom. The van der Waals surface area contributed by atoms with Crippen LogP contribution in [0.2, 0.25) is 0 Å². The summed E-state index contributed by atoms with van der Waals surface area (Å²) in [6, 6.07) is 5.97. The molecule has 2 aromatic heterocycles. The van der Waals surface area contributed by atoms with Crippen molar-refractivity contribution in [3.05, 3.63) is 47.5 Å². The highest BCUT2D eigenvalue weighted by Crippen LogP contribution is 2.28. The number of alkyl halides is 2. The van der Waals surface area contributed by atoms with E-state index in [1.807, 2.05) is 13.0 Å². The molecule has 5 rings (SSSR count). The topological polar surface area (TPSA) is 75.6 Å². The minimum absolute atomic E-state index is 0.181. The first-order valence-corrected chi connectivity index (χ1v) is 11.6. The predicted octanol–water partition coefficient (Wildman–Crippen LogP) is 3.60. The largest absolute Gasteiger partial charge is 0.435 e. The van der Waals surface area contributed by atoms with Gasteiger partial charge in [-0.05, 0) is 25.5 Å². The van der Waals surface area contributed by atoms with Crippen LogP contribution in [0.4, 0.5) is 24.8 Å². The highest BCUT2D eigenvalue weighted by atomic mass is 19.3. The number of aromatic nitrogens is 3. The van der Waals surface area contributed by atoms with Crippen molar-refractivity contribution in [1.29, 1.82) is 0 Å². The second-order valence-corrected chi connectivity index (χ2v) is 8.81. The fourth-order valence-corrected chi connectivity index (χ4v) is 4.40. The summed E-state index contributed by atoms with van der Waals surface area (Å²) in [4.78, 5) is 18.4. The lowest BCUT2D eigenvalue weighted by Gasteiger charge is -2.36. The fraction of sp³-hybridized carbons (Fsp3) is 0.458. The molecule has 2 aliphatic rings. The van der Waals surface area contributed by atoms with Gasteiger partial charge in [-0.2, -0.15) is 8.78 Å². The Morgan fingerprint density at radius 1 is 1.14 bits per heavy atom. The molecule has 1 aromatic carbocycles. The van der Waals surface area contributed by atoms with E-state index in [0.717, 1.165) is 41.6 Å². The highest BCUT2D eigenvalue weighted by molar-refractivity contribution is 5.80. The molecule has 1 atom stereocenters. The molecule has 11 heteroatoms. The number of fused-ring (bicyclic) bond motifs is 1. The third kappa shape index (κ3) is 5.57. The summed E-state index contributed by atoms with van der Waals surface area (Å²) in [6.07, 6.45) is 2.65. The van der Waals surface area contributed by atoms with Gasteiger partial charge in [0, 0.05) is 56.7 Å². The number of ether oxygens (including phenoxy) is 2.